The molecule has 1 saturated heterocycles. The van der Waals surface area contributed by atoms with Gasteiger partial charge >= 0.3 is 0 Å². The second-order valence-corrected chi connectivity index (χ2v) is 6.72. The third-order valence-electron chi connectivity index (χ3n) is 4.84. The van der Waals surface area contributed by atoms with E-state index in [0.717, 1.165) is 18.4 Å². The van der Waals surface area contributed by atoms with E-state index in [2.05, 4.69) is 5.32 Å². The van der Waals surface area contributed by atoms with Gasteiger partial charge in [-0.1, -0.05) is 48.5 Å². The van der Waals surface area contributed by atoms with Crippen LogP contribution in [0.1, 0.15) is 41.2 Å². The van der Waals surface area contributed by atoms with Crippen molar-refractivity contribution >= 4 is 24.2 Å². The second kappa shape index (κ2) is 10.1. The van der Waals surface area contributed by atoms with Crippen molar-refractivity contribution in [3.8, 4) is 0 Å². The van der Waals surface area contributed by atoms with Crippen molar-refractivity contribution in [1.29, 1.82) is 0 Å². The molecule has 144 valence electrons. The molecule has 6 heteroatoms. The van der Waals surface area contributed by atoms with Gasteiger partial charge in [-0.15, -0.1) is 12.4 Å². The van der Waals surface area contributed by atoms with Gasteiger partial charge in [0.2, 0.25) is 5.91 Å². The number of hydrogen-bond acceptors (Lipinski definition) is 3. The lowest BCUT2D eigenvalue weighted by atomic mass is 10.0. The fourth-order valence-electron chi connectivity index (χ4n) is 3.27. The van der Waals surface area contributed by atoms with Crippen molar-refractivity contribution in [2.45, 2.75) is 31.3 Å². The van der Waals surface area contributed by atoms with E-state index in [1.165, 1.54) is 0 Å². The normalized spacial score (nSPS) is 15.5. The quantitative estimate of drug-likeness (QED) is 0.828. The Kier molecular flexibility index (Phi) is 7.82. The summed E-state index contributed by atoms with van der Waals surface area (Å²) >= 11 is 0. The molecule has 0 aliphatic carbocycles. The zero-order valence-electron chi connectivity index (χ0n) is 15.2. The van der Waals surface area contributed by atoms with Crippen LogP contribution < -0.4 is 11.1 Å². The summed E-state index contributed by atoms with van der Waals surface area (Å²) in [7, 11) is 0. The Bertz CT molecular complexity index is 732. The van der Waals surface area contributed by atoms with Gasteiger partial charge in [0.25, 0.3) is 5.91 Å². The maximum absolute atomic E-state index is 12.5. The number of carbonyl (C=O) groups is 2. The monoisotopic (exact) mass is 387 g/mol. The molecule has 2 aromatic carbocycles. The van der Waals surface area contributed by atoms with Crippen molar-refractivity contribution in [2.24, 2.45) is 5.73 Å². The van der Waals surface area contributed by atoms with Crippen LogP contribution in [0.3, 0.4) is 0 Å². The number of rotatable bonds is 5. The van der Waals surface area contributed by atoms with Gasteiger partial charge in [0, 0.05) is 37.2 Å². The SMILES string of the molecule is Cl.NC(CC(=O)N1CCC(NC(=O)c2ccccc2)CC1)c1ccccc1. The van der Waals surface area contributed by atoms with E-state index in [1.54, 1.807) is 12.1 Å². The number of nitrogens with two attached hydrogens (primary N) is 1. The Morgan fingerprint density at radius 2 is 1.56 bits per heavy atom. The molecule has 3 rings (SSSR count). The molecule has 0 saturated carbocycles. The second-order valence-electron chi connectivity index (χ2n) is 6.72. The number of likely N-dealkylation sites (tertiary alicyclic amines) is 1. The van der Waals surface area contributed by atoms with Gasteiger partial charge in [-0.25, -0.2) is 0 Å². The lowest BCUT2D eigenvalue weighted by molar-refractivity contribution is -0.132. The van der Waals surface area contributed by atoms with E-state index >= 15 is 0 Å². The van der Waals surface area contributed by atoms with Crippen LogP contribution >= 0.6 is 12.4 Å². The minimum Gasteiger partial charge on any atom is -0.349 e. The lowest BCUT2D eigenvalue weighted by Crippen LogP contribution is -2.47. The van der Waals surface area contributed by atoms with Crippen molar-refractivity contribution in [3.05, 3.63) is 71.8 Å². The summed E-state index contributed by atoms with van der Waals surface area (Å²) in [6.45, 7) is 1.31. The molecule has 0 spiro atoms. The van der Waals surface area contributed by atoms with Crippen LogP contribution in [-0.4, -0.2) is 35.8 Å². The highest BCUT2D eigenvalue weighted by atomic mass is 35.5. The van der Waals surface area contributed by atoms with Crippen LogP contribution in [0.15, 0.2) is 60.7 Å². The summed E-state index contributed by atoms with van der Waals surface area (Å²) < 4.78 is 0. The first-order chi connectivity index (χ1) is 12.6. The van der Waals surface area contributed by atoms with Gasteiger partial charge in [0.1, 0.15) is 0 Å². The molecular formula is C21H26ClN3O2. The van der Waals surface area contributed by atoms with E-state index in [4.69, 9.17) is 5.73 Å². The molecule has 3 N–H and O–H groups in total. The topological polar surface area (TPSA) is 75.4 Å². The first-order valence-electron chi connectivity index (χ1n) is 9.07. The number of nitrogens with zero attached hydrogens (tertiary/aromatic N) is 1. The van der Waals surface area contributed by atoms with Crippen molar-refractivity contribution < 1.29 is 9.59 Å². The fourth-order valence-corrected chi connectivity index (χ4v) is 3.27. The predicted octanol–water partition coefficient (Wildman–Crippen LogP) is 2.92. The first kappa shape index (κ1) is 20.9. The summed E-state index contributed by atoms with van der Waals surface area (Å²) in [5.41, 5.74) is 7.80. The summed E-state index contributed by atoms with van der Waals surface area (Å²) in [5, 5.41) is 3.06. The van der Waals surface area contributed by atoms with Gasteiger partial charge in [0.15, 0.2) is 0 Å². The minimum atomic E-state index is -0.279. The molecule has 0 bridgehead atoms. The Labute approximate surface area is 166 Å². The first-order valence-corrected chi connectivity index (χ1v) is 9.07. The summed E-state index contributed by atoms with van der Waals surface area (Å²) in [6, 6.07) is 18.7. The number of carbonyl (C=O) groups excluding carboxylic acids is 2. The highest BCUT2D eigenvalue weighted by Crippen LogP contribution is 2.18. The molecule has 1 unspecified atom stereocenters. The Balaban J connectivity index is 0.00000261. The average molecular weight is 388 g/mol. The van der Waals surface area contributed by atoms with Crippen LogP contribution in [0.2, 0.25) is 0 Å². The van der Waals surface area contributed by atoms with Gasteiger partial charge < -0.3 is 16.0 Å². The molecule has 5 nitrogen and oxygen atoms in total. The maximum atomic E-state index is 12.5. The van der Waals surface area contributed by atoms with Crippen LogP contribution in [0.4, 0.5) is 0 Å². The third kappa shape index (κ3) is 5.81. The van der Waals surface area contributed by atoms with E-state index in [-0.39, 0.29) is 36.3 Å². The number of nitrogens with one attached hydrogen (secondary N) is 1. The molecule has 1 atom stereocenters. The smallest absolute Gasteiger partial charge is 0.251 e. The number of piperidine rings is 1. The molecule has 2 amide bonds. The molecule has 27 heavy (non-hydrogen) atoms. The van der Waals surface area contributed by atoms with Crippen LogP contribution in [0.25, 0.3) is 0 Å². The molecule has 0 radical (unpaired) electrons. The zero-order valence-corrected chi connectivity index (χ0v) is 16.0. The average Bonchev–Trinajstić information content (AvgIpc) is 2.69. The molecule has 1 aliphatic heterocycles. The van der Waals surface area contributed by atoms with E-state index in [9.17, 15) is 9.59 Å². The zero-order chi connectivity index (χ0) is 18.4. The van der Waals surface area contributed by atoms with Crippen LogP contribution in [0, 0.1) is 0 Å². The Hall–Kier alpha value is -2.37. The molecule has 1 aliphatic rings. The van der Waals surface area contributed by atoms with Crippen molar-refractivity contribution in [1.82, 2.24) is 10.2 Å². The van der Waals surface area contributed by atoms with E-state index in [1.807, 2.05) is 53.4 Å². The highest BCUT2D eigenvalue weighted by Gasteiger charge is 2.25. The van der Waals surface area contributed by atoms with Gasteiger partial charge in [0.05, 0.1) is 0 Å². The summed E-state index contributed by atoms with van der Waals surface area (Å²) in [5.74, 6) is 0.0238. The number of halogens is 1. The van der Waals surface area contributed by atoms with E-state index in [0.29, 0.717) is 25.1 Å². The van der Waals surface area contributed by atoms with Gasteiger partial charge in [-0.2, -0.15) is 0 Å². The summed E-state index contributed by atoms with van der Waals surface area (Å²) in [6.07, 6.45) is 1.85. The molecule has 1 fully saturated rings. The number of benzene rings is 2. The maximum Gasteiger partial charge on any atom is 0.251 e. The minimum absolute atomic E-state index is 0. The fraction of sp³-hybridized carbons (Fsp3) is 0.333. The predicted molar refractivity (Wildman–Crippen MR) is 109 cm³/mol. The van der Waals surface area contributed by atoms with E-state index < -0.39 is 0 Å². The lowest BCUT2D eigenvalue weighted by Gasteiger charge is -2.33. The largest absolute Gasteiger partial charge is 0.349 e. The van der Waals surface area contributed by atoms with Gasteiger partial charge in [-0.3, -0.25) is 9.59 Å². The number of hydrogen-bond donors (Lipinski definition) is 2. The van der Waals surface area contributed by atoms with Crippen molar-refractivity contribution in [3.63, 3.8) is 0 Å². The molecule has 0 aromatic heterocycles. The highest BCUT2D eigenvalue weighted by molar-refractivity contribution is 5.94. The van der Waals surface area contributed by atoms with Crippen molar-refractivity contribution in [2.75, 3.05) is 13.1 Å². The van der Waals surface area contributed by atoms with Crippen LogP contribution in [0.5, 0.6) is 0 Å². The van der Waals surface area contributed by atoms with Crippen LogP contribution in [-0.2, 0) is 4.79 Å². The Morgan fingerprint density at radius 1 is 1.00 bits per heavy atom. The summed E-state index contributed by atoms with van der Waals surface area (Å²) in [4.78, 5) is 26.6. The molecule has 1 heterocycles. The molecule has 2 aromatic rings. The molecular weight excluding hydrogens is 362 g/mol. The van der Waals surface area contributed by atoms with Gasteiger partial charge in [-0.05, 0) is 30.5 Å². The Morgan fingerprint density at radius 3 is 2.15 bits per heavy atom. The number of amides is 2. The third-order valence-corrected chi connectivity index (χ3v) is 4.84. The standard InChI is InChI=1S/C21H25N3O2.ClH/c22-19(16-7-3-1-4-8-16)15-20(25)24-13-11-18(12-14-24)23-21(26)17-9-5-2-6-10-17;/h1-10,18-19H,11-15,22H2,(H,23,26);1H.